The molecule has 4 aromatic rings. The summed E-state index contributed by atoms with van der Waals surface area (Å²) in [5.41, 5.74) is 2.99. The first kappa shape index (κ1) is 28.5. The van der Waals surface area contributed by atoms with Crippen molar-refractivity contribution in [3.8, 4) is 16.7 Å². The number of hydrogen-bond donors (Lipinski definition) is 2. The number of imidazole rings is 1. The molecule has 44 heavy (non-hydrogen) atoms. The molecule has 3 aliphatic rings. The summed E-state index contributed by atoms with van der Waals surface area (Å²) >= 11 is 1.32. The van der Waals surface area contributed by atoms with Crippen LogP contribution >= 0.6 is 11.3 Å². The number of oxazole rings is 1. The van der Waals surface area contributed by atoms with Gasteiger partial charge in [-0.15, -0.1) is 11.3 Å². The average Bonchev–Trinajstić information content (AvgIpc) is 3.63. The van der Waals surface area contributed by atoms with Crippen LogP contribution in [0.4, 0.5) is 5.95 Å². The van der Waals surface area contributed by atoms with Crippen LogP contribution in [0.2, 0.25) is 0 Å². The molecule has 11 heteroatoms. The molecule has 1 aliphatic heterocycles. The summed E-state index contributed by atoms with van der Waals surface area (Å²) in [5, 5.41) is 16.4. The highest BCUT2D eigenvalue weighted by Crippen LogP contribution is 2.47. The lowest BCUT2D eigenvalue weighted by Crippen LogP contribution is -2.39. The van der Waals surface area contributed by atoms with E-state index in [-0.39, 0.29) is 28.8 Å². The molecule has 0 bridgehead atoms. The van der Waals surface area contributed by atoms with Crippen molar-refractivity contribution in [1.29, 1.82) is 5.26 Å². The number of nitrogens with one attached hydrogen (secondary N) is 2. The summed E-state index contributed by atoms with van der Waals surface area (Å²) in [7, 11) is 0. The number of anilines is 1. The first-order valence-electron chi connectivity index (χ1n) is 15.3. The number of allylic oxidation sites excluding steroid dienone is 1. The van der Waals surface area contributed by atoms with Crippen molar-refractivity contribution in [1.82, 2.24) is 24.8 Å². The van der Waals surface area contributed by atoms with Gasteiger partial charge in [0.25, 0.3) is 11.8 Å². The Morgan fingerprint density at radius 1 is 1.23 bits per heavy atom. The third-order valence-electron chi connectivity index (χ3n) is 8.92. The van der Waals surface area contributed by atoms with E-state index in [1.807, 2.05) is 21.6 Å². The van der Waals surface area contributed by atoms with Gasteiger partial charge in [-0.2, -0.15) is 5.26 Å². The molecule has 10 nitrogen and oxygen atoms in total. The number of carbonyl (C=O) groups excluding carboxylic acids is 2. The van der Waals surface area contributed by atoms with Gasteiger partial charge in [0, 0.05) is 19.6 Å². The maximum absolute atomic E-state index is 13.6. The highest BCUT2D eigenvalue weighted by atomic mass is 32.1. The summed E-state index contributed by atoms with van der Waals surface area (Å²) in [6.45, 7) is 4.93. The number of carbonyl (C=O) groups is 2. The summed E-state index contributed by atoms with van der Waals surface area (Å²) in [6.07, 6.45) is 11.1. The van der Waals surface area contributed by atoms with Crippen molar-refractivity contribution in [3.63, 3.8) is 0 Å². The Balaban J connectivity index is 1.16. The van der Waals surface area contributed by atoms with E-state index in [9.17, 15) is 14.9 Å². The largest absolute Gasteiger partial charge is 0.443 e. The molecule has 7 rings (SSSR count). The Labute approximate surface area is 259 Å². The Morgan fingerprint density at radius 2 is 2.09 bits per heavy atom. The molecule has 226 valence electrons. The third kappa shape index (κ3) is 6.05. The number of nitrogens with zero attached hydrogens (tertiary/aromatic N) is 5. The Morgan fingerprint density at radius 3 is 2.84 bits per heavy atom. The van der Waals surface area contributed by atoms with Crippen LogP contribution in [0.15, 0.2) is 59.0 Å². The molecule has 0 unspecified atom stereocenters. The SMILES string of the molecule is CC1(C=C(C#N)C(=O)N2CCC[C@@H]2Cn2c(NC(=O)c3ccc(-c4cnco4)s3)nc3cc(CNCC4CC4)ccc32)CC1. The fourth-order valence-corrected chi connectivity index (χ4v) is 6.75. The number of amides is 2. The van der Waals surface area contributed by atoms with E-state index in [1.165, 1.54) is 30.6 Å². The van der Waals surface area contributed by atoms with E-state index in [0.717, 1.165) is 66.2 Å². The lowest BCUT2D eigenvalue weighted by molar-refractivity contribution is -0.127. The summed E-state index contributed by atoms with van der Waals surface area (Å²) in [5.74, 6) is 1.36. The maximum atomic E-state index is 13.6. The van der Waals surface area contributed by atoms with E-state index in [0.29, 0.717) is 29.7 Å². The first-order valence-corrected chi connectivity index (χ1v) is 16.1. The fourth-order valence-electron chi connectivity index (χ4n) is 5.89. The molecule has 0 radical (unpaired) electrons. The van der Waals surface area contributed by atoms with Gasteiger partial charge in [-0.05, 0) is 86.2 Å². The van der Waals surface area contributed by atoms with Crippen molar-refractivity contribution in [3.05, 3.63) is 65.0 Å². The summed E-state index contributed by atoms with van der Waals surface area (Å²) < 4.78 is 7.40. The third-order valence-corrected chi connectivity index (χ3v) is 10.0. The summed E-state index contributed by atoms with van der Waals surface area (Å²) in [4.78, 5) is 39.0. The molecule has 3 aromatic heterocycles. The first-order chi connectivity index (χ1) is 21.4. The van der Waals surface area contributed by atoms with Gasteiger partial charge in [-0.25, -0.2) is 9.97 Å². The molecule has 1 atom stereocenters. The topological polar surface area (TPSA) is 129 Å². The molecule has 1 saturated heterocycles. The Hall–Kier alpha value is -4.27. The standard InChI is InChI=1S/C33H35N7O3S/c1-33(10-11-33)14-23(15-34)31(42)39-12-2-3-24(39)19-40-26-7-6-22(17-35-16-21-4-5-21)13-25(26)37-32(40)38-30(41)29-9-8-28(44-29)27-18-36-20-43-27/h6-9,13-14,18,20-21,24,35H,2-5,10-12,16-17,19H2,1H3,(H,37,38,41)/t24-/m1/s1. The highest BCUT2D eigenvalue weighted by Gasteiger charge is 2.38. The molecule has 2 amide bonds. The van der Waals surface area contributed by atoms with Gasteiger partial charge in [-0.3, -0.25) is 14.9 Å². The van der Waals surface area contributed by atoms with Crippen LogP contribution in [0.25, 0.3) is 21.7 Å². The number of aromatic nitrogens is 3. The zero-order valence-corrected chi connectivity index (χ0v) is 25.5. The van der Waals surface area contributed by atoms with E-state index in [4.69, 9.17) is 9.40 Å². The Kier molecular flexibility index (Phi) is 7.56. The monoisotopic (exact) mass is 609 g/mol. The molecular weight excluding hydrogens is 574 g/mol. The van der Waals surface area contributed by atoms with Crippen LogP contribution in [0, 0.1) is 22.7 Å². The molecule has 3 fully saturated rings. The van der Waals surface area contributed by atoms with Crippen LogP contribution in [0.5, 0.6) is 0 Å². The highest BCUT2D eigenvalue weighted by molar-refractivity contribution is 7.17. The number of nitriles is 1. The lowest BCUT2D eigenvalue weighted by Gasteiger charge is -2.26. The van der Waals surface area contributed by atoms with Gasteiger partial charge in [0.15, 0.2) is 12.2 Å². The minimum Gasteiger partial charge on any atom is -0.443 e. The van der Waals surface area contributed by atoms with Crippen LogP contribution in [-0.4, -0.2) is 50.4 Å². The zero-order valence-electron chi connectivity index (χ0n) is 24.7. The van der Waals surface area contributed by atoms with Crippen molar-refractivity contribution in [2.45, 2.75) is 64.6 Å². The fraction of sp³-hybridized carbons (Fsp3) is 0.424. The lowest BCUT2D eigenvalue weighted by atomic mass is 10.0. The molecule has 0 spiro atoms. The quantitative estimate of drug-likeness (QED) is 0.164. The van der Waals surface area contributed by atoms with Gasteiger partial charge in [0.1, 0.15) is 11.6 Å². The molecule has 2 saturated carbocycles. The predicted octanol–water partition coefficient (Wildman–Crippen LogP) is 5.75. The van der Waals surface area contributed by atoms with Gasteiger partial charge < -0.3 is 19.2 Å². The smallest absolute Gasteiger partial charge is 0.268 e. The second-order valence-corrected chi connectivity index (χ2v) is 13.6. The van der Waals surface area contributed by atoms with Crippen molar-refractivity contribution < 1.29 is 14.0 Å². The van der Waals surface area contributed by atoms with Gasteiger partial charge in [-0.1, -0.05) is 19.1 Å². The van der Waals surface area contributed by atoms with E-state index >= 15 is 0 Å². The van der Waals surface area contributed by atoms with Crippen LogP contribution in [0.1, 0.15) is 60.7 Å². The van der Waals surface area contributed by atoms with E-state index in [2.05, 4.69) is 46.8 Å². The number of benzene rings is 1. The van der Waals surface area contributed by atoms with Crippen molar-refractivity contribution in [2.24, 2.45) is 11.3 Å². The van der Waals surface area contributed by atoms with E-state index in [1.54, 1.807) is 12.3 Å². The number of likely N-dealkylation sites (tertiary alicyclic amines) is 1. The molecular formula is C33H35N7O3S. The molecule has 2 N–H and O–H groups in total. The Bertz CT molecular complexity index is 1770. The van der Waals surface area contributed by atoms with E-state index < -0.39 is 0 Å². The van der Waals surface area contributed by atoms with Crippen LogP contribution < -0.4 is 10.6 Å². The average molecular weight is 610 g/mol. The van der Waals surface area contributed by atoms with Crippen molar-refractivity contribution in [2.75, 3.05) is 18.4 Å². The van der Waals surface area contributed by atoms with Crippen LogP contribution in [-0.2, 0) is 17.9 Å². The van der Waals surface area contributed by atoms with Crippen molar-refractivity contribution >= 4 is 40.1 Å². The maximum Gasteiger partial charge on any atom is 0.268 e. The summed E-state index contributed by atoms with van der Waals surface area (Å²) in [6, 6.07) is 11.9. The molecule has 2 aliphatic carbocycles. The molecule has 1 aromatic carbocycles. The normalized spacial score (nSPS) is 19.3. The zero-order chi connectivity index (χ0) is 30.3. The number of rotatable bonds is 11. The predicted molar refractivity (Wildman–Crippen MR) is 168 cm³/mol. The number of thiophene rings is 1. The van der Waals surface area contributed by atoms with Gasteiger partial charge in [0.2, 0.25) is 5.95 Å². The second-order valence-electron chi connectivity index (χ2n) is 12.5. The van der Waals surface area contributed by atoms with Crippen LogP contribution in [0.3, 0.4) is 0 Å². The minimum absolute atomic E-state index is 0.0473. The van der Waals surface area contributed by atoms with Gasteiger partial charge in [0.05, 0.1) is 33.0 Å². The number of hydrogen-bond acceptors (Lipinski definition) is 8. The minimum atomic E-state index is -0.268. The molecule has 4 heterocycles. The second kappa shape index (κ2) is 11.7. The number of fused-ring (bicyclic) bond motifs is 1. The van der Waals surface area contributed by atoms with Gasteiger partial charge >= 0.3 is 0 Å².